The van der Waals surface area contributed by atoms with E-state index in [0.717, 1.165) is 34.5 Å². The van der Waals surface area contributed by atoms with Gasteiger partial charge in [-0.2, -0.15) is 24.2 Å². The third-order valence-electron chi connectivity index (χ3n) is 5.00. The molecule has 0 fully saturated rings. The fraction of sp³-hybridized carbons (Fsp3) is 0.174. The van der Waals surface area contributed by atoms with Gasteiger partial charge in [0.25, 0.3) is 5.88 Å². The van der Waals surface area contributed by atoms with E-state index in [0.29, 0.717) is 6.54 Å². The lowest BCUT2D eigenvalue weighted by Gasteiger charge is -2.11. The Bertz CT molecular complexity index is 1220. The maximum absolute atomic E-state index is 12.8. The highest BCUT2D eigenvalue weighted by Crippen LogP contribution is 2.30. The van der Waals surface area contributed by atoms with Crippen LogP contribution < -0.4 is 16.5 Å². The Labute approximate surface area is 194 Å². The highest BCUT2D eigenvalue weighted by molar-refractivity contribution is 5.90. The van der Waals surface area contributed by atoms with Gasteiger partial charge in [0.2, 0.25) is 6.20 Å². The maximum atomic E-state index is 12.8. The lowest BCUT2D eigenvalue weighted by Crippen LogP contribution is -2.31. The van der Waals surface area contributed by atoms with Crippen LogP contribution in [-0.2, 0) is 24.6 Å². The molecule has 0 aliphatic rings. The molecule has 0 saturated carbocycles. The van der Waals surface area contributed by atoms with Crippen LogP contribution in [0.15, 0.2) is 66.8 Å². The number of carbonyl (C=O) groups is 1. The number of carbonyl (C=O) groups excluding carboxylic acids is 1. The topological polar surface area (TPSA) is 97.2 Å². The molecule has 0 aliphatic carbocycles. The minimum Gasteiger partial charge on any atom is -0.387 e. The van der Waals surface area contributed by atoms with Crippen LogP contribution in [0, 0.1) is 6.92 Å². The van der Waals surface area contributed by atoms with Gasteiger partial charge in [-0.3, -0.25) is 10.00 Å². The average Bonchev–Trinajstić information content (AvgIpc) is 3.11. The predicted molar refractivity (Wildman–Crippen MR) is 121 cm³/mol. The normalized spacial score (nSPS) is 11.8. The number of halogens is 3. The van der Waals surface area contributed by atoms with Gasteiger partial charge in [0, 0.05) is 29.6 Å². The van der Waals surface area contributed by atoms with Crippen molar-refractivity contribution < 1.29 is 27.4 Å². The van der Waals surface area contributed by atoms with E-state index in [9.17, 15) is 18.0 Å². The summed E-state index contributed by atoms with van der Waals surface area (Å²) in [7, 11) is 1.88. The number of urea groups is 1. The summed E-state index contributed by atoms with van der Waals surface area (Å²) in [6, 6.07) is 11.2. The van der Waals surface area contributed by atoms with E-state index in [1.165, 1.54) is 22.9 Å². The molecule has 1 heterocycles. The number of hydrogen-bond donors (Lipinski definition) is 3. The van der Waals surface area contributed by atoms with Gasteiger partial charge in [0.15, 0.2) is 6.54 Å². The molecular formula is C23H24F3N6O2+. The van der Waals surface area contributed by atoms with E-state index in [-0.39, 0.29) is 11.6 Å². The lowest BCUT2D eigenvalue weighted by atomic mass is 10.0. The number of nitrogens with one attached hydrogen (secondary N) is 2. The smallest absolute Gasteiger partial charge is 0.387 e. The molecule has 0 bridgehead atoms. The summed E-state index contributed by atoms with van der Waals surface area (Å²) < 4.78 is 41.8. The molecular weight excluding hydrogens is 449 g/mol. The van der Waals surface area contributed by atoms with Crippen molar-refractivity contribution >= 4 is 18.4 Å². The first-order valence-corrected chi connectivity index (χ1v) is 10.1. The molecule has 0 aliphatic heterocycles. The summed E-state index contributed by atoms with van der Waals surface area (Å²) in [5, 5.41) is 8.86. The summed E-state index contributed by atoms with van der Waals surface area (Å²) in [6.07, 6.45) is -1.37. The predicted octanol–water partition coefficient (Wildman–Crippen LogP) is 4.14. The van der Waals surface area contributed by atoms with Gasteiger partial charge in [0.05, 0.1) is 11.8 Å². The molecule has 178 valence electrons. The van der Waals surface area contributed by atoms with Gasteiger partial charge in [0.1, 0.15) is 6.72 Å². The molecule has 4 N–H and O–H groups in total. The number of rotatable bonds is 7. The molecule has 0 unspecified atom stereocenters. The first kappa shape index (κ1) is 24.5. The second kappa shape index (κ2) is 10.2. The number of amides is 2. The third-order valence-corrected chi connectivity index (χ3v) is 5.00. The fourth-order valence-electron chi connectivity index (χ4n) is 3.16. The maximum Gasteiger partial charge on any atom is 0.416 e. The van der Waals surface area contributed by atoms with Crippen LogP contribution in [0.4, 0.5) is 23.7 Å². The second-order valence-electron chi connectivity index (χ2n) is 7.48. The monoisotopic (exact) mass is 473 g/mol. The van der Waals surface area contributed by atoms with Crippen LogP contribution in [0.3, 0.4) is 0 Å². The van der Waals surface area contributed by atoms with Crippen molar-refractivity contribution in [1.29, 1.82) is 0 Å². The summed E-state index contributed by atoms with van der Waals surface area (Å²) in [5.74, 6) is 5.06. The minimum absolute atomic E-state index is 0.0425. The summed E-state index contributed by atoms with van der Waals surface area (Å²) in [6.45, 7) is 6.22. The number of aromatic nitrogens is 2. The van der Waals surface area contributed by atoms with E-state index in [2.05, 4.69) is 27.3 Å². The Hall–Kier alpha value is -4.12. The molecule has 2 aromatic carbocycles. The van der Waals surface area contributed by atoms with Crippen LogP contribution in [0.5, 0.6) is 0 Å². The molecule has 0 saturated heterocycles. The number of nitrogens with zero attached hydrogens (tertiary/aromatic N) is 3. The number of aryl methyl sites for hydroxylation is 1. The molecule has 0 atom stereocenters. The highest BCUT2D eigenvalue weighted by atomic mass is 19.4. The number of benzene rings is 2. The zero-order chi connectivity index (χ0) is 24.9. The third kappa shape index (κ3) is 6.23. The quantitative estimate of drug-likeness (QED) is 0.208. The van der Waals surface area contributed by atoms with Crippen molar-refractivity contribution in [3.8, 4) is 11.1 Å². The van der Waals surface area contributed by atoms with Crippen molar-refractivity contribution in [2.24, 2.45) is 12.9 Å². The first-order valence-electron chi connectivity index (χ1n) is 10.1. The number of alkyl halides is 3. The van der Waals surface area contributed by atoms with Crippen molar-refractivity contribution in [2.45, 2.75) is 19.6 Å². The molecule has 34 heavy (non-hydrogen) atoms. The molecule has 2 amide bonds. The highest BCUT2D eigenvalue weighted by Gasteiger charge is 2.30. The molecule has 0 spiro atoms. The zero-order valence-corrected chi connectivity index (χ0v) is 18.6. The largest absolute Gasteiger partial charge is 0.416 e. The van der Waals surface area contributed by atoms with E-state index in [4.69, 9.17) is 5.90 Å². The van der Waals surface area contributed by atoms with Crippen LogP contribution in [-0.4, -0.2) is 27.1 Å². The lowest BCUT2D eigenvalue weighted by molar-refractivity contribution is -0.467. The Morgan fingerprint density at radius 3 is 2.56 bits per heavy atom. The SMILES string of the molecule is C=[N+](/C=C(/NC(=O)Nc1cccc(C(F)(F)F)c1)ON)Cc1ccc(-c2cnn(C)c2C)cc1. The Morgan fingerprint density at radius 1 is 1.26 bits per heavy atom. The number of hydrogen-bond acceptors (Lipinski definition) is 4. The Kier molecular flexibility index (Phi) is 7.37. The molecule has 3 rings (SSSR count). The van der Waals surface area contributed by atoms with Crippen LogP contribution in [0.1, 0.15) is 16.8 Å². The van der Waals surface area contributed by atoms with Crippen LogP contribution in [0.25, 0.3) is 11.1 Å². The number of anilines is 1. The Morgan fingerprint density at radius 2 is 1.97 bits per heavy atom. The average molecular weight is 473 g/mol. The van der Waals surface area contributed by atoms with Crippen LogP contribution >= 0.6 is 0 Å². The molecule has 1 aromatic heterocycles. The van der Waals surface area contributed by atoms with Crippen molar-refractivity contribution in [3.05, 3.63) is 83.6 Å². The minimum atomic E-state index is -4.52. The van der Waals surface area contributed by atoms with E-state index in [1.54, 1.807) is 4.68 Å². The van der Waals surface area contributed by atoms with Gasteiger partial charge in [-0.25, -0.2) is 9.37 Å². The zero-order valence-electron chi connectivity index (χ0n) is 18.6. The fourth-order valence-corrected chi connectivity index (χ4v) is 3.16. The first-order chi connectivity index (χ1) is 16.1. The van der Waals surface area contributed by atoms with Gasteiger partial charge < -0.3 is 10.2 Å². The van der Waals surface area contributed by atoms with Gasteiger partial charge in [-0.1, -0.05) is 30.3 Å². The van der Waals surface area contributed by atoms with E-state index >= 15 is 0 Å². The molecule has 11 heteroatoms. The van der Waals surface area contributed by atoms with E-state index in [1.807, 2.05) is 44.4 Å². The second-order valence-corrected chi connectivity index (χ2v) is 7.48. The summed E-state index contributed by atoms with van der Waals surface area (Å²) in [4.78, 5) is 16.8. The molecule has 3 aromatic rings. The van der Waals surface area contributed by atoms with Crippen molar-refractivity contribution in [1.82, 2.24) is 15.1 Å². The van der Waals surface area contributed by atoms with Crippen molar-refractivity contribution in [2.75, 3.05) is 5.32 Å². The summed E-state index contributed by atoms with van der Waals surface area (Å²) in [5.41, 5.74) is 3.12. The standard InChI is InChI=1S/C23H23F3N6O2/c1-15-20(12-28-32(15)3)17-9-7-16(8-10-17)13-31(2)14-21(34-27)30-22(33)29-19-6-4-5-18(11-19)23(24,25)26/h4-12,14H,2,13,27H2,1,3H3,(H-,29,30,33)/p+1/b21-14-. The van der Waals surface area contributed by atoms with Gasteiger partial charge >= 0.3 is 12.2 Å². The number of nitrogens with two attached hydrogens (primary N) is 1. The molecule has 0 radical (unpaired) electrons. The summed E-state index contributed by atoms with van der Waals surface area (Å²) >= 11 is 0. The molecule has 8 nitrogen and oxygen atoms in total. The Balaban J connectivity index is 1.61. The van der Waals surface area contributed by atoms with Gasteiger partial charge in [-0.05, 0) is 30.7 Å². The van der Waals surface area contributed by atoms with Crippen molar-refractivity contribution in [3.63, 3.8) is 0 Å². The van der Waals surface area contributed by atoms with Gasteiger partial charge in [-0.15, -0.1) is 0 Å². The van der Waals surface area contributed by atoms with E-state index < -0.39 is 17.8 Å². The van der Waals surface area contributed by atoms with Crippen LogP contribution in [0.2, 0.25) is 0 Å².